The van der Waals surface area contributed by atoms with Crippen molar-refractivity contribution in [2.24, 2.45) is 5.92 Å². The van der Waals surface area contributed by atoms with Gasteiger partial charge in [0.15, 0.2) is 0 Å². The minimum absolute atomic E-state index is 0.116. The van der Waals surface area contributed by atoms with Crippen LogP contribution in [-0.4, -0.2) is 21.2 Å². The fraction of sp³-hybridized carbons (Fsp3) is 0.533. The molecule has 1 atom stereocenters. The molecule has 2 aromatic rings. The Morgan fingerprint density at radius 2 is 2.00 bits per heavy atom. The number of halogens is 3. The summed E-state index contributed by atoms with van der Waals surface area (Å²) < 4.78 is 29.3. The molecule has 114 valence electrons. The van der Waals surface area contributed by atoms with E-state index in [0.717, 1.165) is 19.3 Å². The minimum atomic E-state index is -3.16. The maximum absolute atomic E-state index is 14.6. The fourth-order valence-electron chi connectivity index (χ4n) is 3.18. The van der Waals surface area contributed by atoms with Crippen LogP contribution < -0.4 is 0 Å². The molecule has 0 spiro atoms. The molecule has 3 nitrogen and oxygen atoms in total. The summed E-state index contributed by atoms with van der Waals surface area (Å²) in [6, 6.07) is 3.03. The van der Waals surface area contributed by atoms with Crippen LogP contribution >= 0.6 is 11.6 Å². The first-order chi connectivity index (χ1) is 10.00. The number of H-pyrrole nitrogens is 1. The maximum Gasteiger partial charge on any atom is 0.280 e. The van der Waals surface area contributed by atoms with Crippen LogP contribution in [0.1, 0.15) is 43.8 Å². The molecule has 1 fully saturated rings. The van der Waals surface area contributed by atoms with E-state index in [2.05, 4.69) is 10.2 Å². The van der Waals surface area contributed by atoms with Gasteiger partial charge in [0, 0.05) is 21.9 Å². The predicted octanol–water partition coefficient (Wildman–Crippen LogP) is 4.47. The van der Waals surface area contributed by atoms with Gasteiger partial charge in [-0.25, -0.2) is 8.78 Å². The number of rotatable bonds is 3. The van der Waals surface area contributed by atoms with E-state index in [1.165, 1.54) is 12.3 Å². The number of nitrogens with zero attached hydrogens (tertiary/aromatic N) is 1. The number of aromatic nitrogens is 2. The molecule has 6 heteroatoms. The van der Waals surface area contributed by atoms with Crippen molar-refractivity contribution < 1.29 is 13.9 Å². The lowest BCUT2D eigenvalue weighted by Crippen LogP contribution is -2.36. The number of hydrogen-bond acceptors (Lipinski definition) is 2. The number of aliphatic hydroxyl groups excluding tert-OH is 1. The second-order valence-corrected chi connectivity index (χ2v) is 6.18. The van der Waals surface area contributed by atoms with E-state index >= 15 is 0 Å². The molecule has 0 radical (unpaired) electrons. The van der Waals surface area contributed by atoms with Gasteiger partial charge < -0.3 is 5.11 Å². The highest BCUT2D eigenvalue weighted by molar-refractivity contribution is 6.31. The Morgan fingerprint density at radius 3 is 2.71 bits per heavy atom. The van der Waals surface area contributed by atoms with Crippen molar-refractivity contribution in [3.63, 3.8) is 0 Å². The van der Waals surface area contributed by atoms with Gasteiger partial charge in [0.05, 0.1) is 11.7 Å². The lowest BCUT2D eigenvalue weighted by Gasteiger charge is -2.33. The molecule has 0 amide bonds. The van der Waals surface area contributed by atoms with Gasteiger partial charge in [-0.3, -0.25) is 5.10 Å². The summed E-state index contributed by atoms with van der Waals surface area (Å²) in [7, 11) is 0. The number of benzene rings is 1. The first-order valence-corrected chi connectivity index (χ1v) is 7.56. The maximum atomic E-state index is 14.6. The van der Waals surface area contributed by atoms with Crippen molar-refractivity contribution in [1.29, 1.82) is 0 Å². The Labute approximate surface area is 126 Å². The van der Waals surface area contributed by atoms with E-state index in [4.69, 9.17) is 11.6 Å². The number of aliphatic hydroxyl groups is 1. The number of fused-ring (bicyclic) bond motifs is 1. The number of hydrogen-bond donors (Lipinski definition) is 2. The molecule has 1 unspecified atom stereocenters. The van der Waals surface area contributed by atoms with E-state index in [1.807, 2.05) is 0 Å². The van der Waals surface area contributed by atoms with Crippen molar-refractivity contribution in [3.8, 4) is 0 Å². The van der Waals surface area contributed by atoms with Gasteiger partial charge in [-0.1, -0.05) is 30.9 Å². The van der Waals surface area contributed by atoms with E-state index < -0.39 is 17.9 Å². The third kappa shape index (κ3) is 2.64. The smallest absolute Gasteiger partial charge is 0.280 e. The molecule has 1 aliphatic carbocycles. The zero-order valence-electron chi connectivity index (χ0n) is 11.5. The van der Waals surface area contributed by atoms with Crippen molar-refractivity contribution in [1.82, 2.24) is 10.2 Å². The van der Waals surface area contributed by atoms with Gasteiger partial charge in [-0.2, -0.15) is 5.10 Å². The predicted molar refractivity (Wildman–Crippen MR) is 77.6 cm³/mol. The monoisotopic (exact) mass is 314 g/mol. The van der Waals surface area contributed by atoms with Crippen LogP contribution in [-0.2, 0) is 0 Å². The summed E-state index contributed by atoms with van der Waals surface area (Å²) in [4.78, 5) is 0. The molecular formula is C15H17ClF2N2O. The SMILES string of the molecule is OC(c1cc(Cl)cc2cn[nH]c12)C(F)(F)C1CCCCC1. The average molecular weight is 315 g/mol. The largest absolute Gasteiger partial charge is 0.382 e. The van der Waals surface area contributed by atoms with E-state index in [0.29, 0.717) is 28.8 Å². The molecule has 0 bridgehead atoms. The molecule has 1 heterocycles. The van der Waals surface area contributed by atoms with Gasteiger partial charge in [0.25, 0.3) is 5.92 Å². The third-order valence-electron chi connectivity index (χ3n) is 4.35. The summed E-state index contributed by atoms with van der Waals surface area (Å²) in [6.07, 6.45) is 3.13. The minimum Gasteiger partial charge on any atom is -0.382 e. The molecule has 1 aromatic heterocycles. The Hall–Kier alpha value is -1.20. The quantitative estimate of drug-likeness (QED) is 0.878. The molecule has 1 aromatic carbocycles. The molecule has 2 N–H and O–H groups in total. The molecule has 21 heavy (non-hydrogen) atoms. The Balaban J connectivity index is 1.98. The lowest BCUT2D eigenvalue weighted by atomic mass is 9.81. The van der Waals surface area contributed by atoms with Crippen molar-refractivity contribution in [2.75, 3.05) is 0 Å². The number of alkyl halides is 2. The Morgan fingerprint density at radius 1 is 1.29 bits per heavy atom. The van der Waals surface area contributed by atoms with Crippen LogP contribution in [0, 0.1) is 5.92 Å². The Kier molecular flexibility index (Phi) is 3.88. The van der Waals surface area contributed by atoms with Crippen LogP contribution in [0.15, 0.2) is 18.3 Å². The third-order valence-corrected chi connectivity index (χ3v) is 4.57. The van der Waals surface area contributed by atoms with Crippen LogP contribution in [0.4, 0.5) is 8.78 Å². The summed E-state index contributed by atoms with van der Waals surface area (Å²) >= 11 is 5.96. The second-order valence-electron chi connectivity index (χ2n) is 5.74. The summed E-state index contributed by atoms with van der Waals surface area (Å²) in [6.45, 7) is 0. The van der Waals surface area contributed by atoms with Crippen LogP contribution in [0.2, 0.25) is 5.02 Å². The van der Waals surface area contributed by atoms with Crippen molar-refractivity contribution >= 4 is 22.5 Å². The highest BCUT2D eigenvalue weighted by Gasteiger charge is 2.47. The molecule has 3 rings (SSSR count). The second kappa shape index (κ2) is 5.54. The van der Waals surface area contributed by atoms with Gasteiger partial charge in [-0.15, -0.1) is 0 Å². The van der Waals surface area contributed by atoms with Crippen molar-refractivity contribution in [3.05, 3.63) is 28.9 Å². The van der Waals surface area contributed by atoms with Gasteiger partial charge in [0.2, 0.25) is 0 Å². The molecule has 1 aliphatic rings. The fourth-order valence-corrected chi connectivity index (χ4v) is 3.42. The van der Waals surface area contributed by atoms with E-state index in [1.54, 1.807) is 6.07 Å². The summed E-state index contributed by atoms with van der Waals surface area (Å²) in [5.74, 6) is -3.94. The highest BCUT2D eigenvalue weighted by Crippen LogP contribution is 2.45. The average Bonchev–Trinajstić information content (AvgIpc) is 2.94. The zero-order valence-corrected chi connectivity index (χ0v) is 12.2. The number of aromatic amines is 1. The standard InChI is InChI=1S/C15H17ClF2N2O/c16-11-6-9-8-19-20-13(9)12(7-11)14(21)15(17,18)10-4-2-1-3-5-10/h6-8,10,14,21H,1-5H2,(H,19,20). The van der Waals surface area contributed by atoms with Gasteiger partial charge in [0.1, 0.15) is 6.10 Å². The lowest BCUT2D eigenvalue weighted by molar-refractivity contribution is -0.157. The normalized spacial score (nSPS) is 19.0. The Bertz CT molecular complexity index is 638. The first-order valence-electron chi connectivity index (χ1n) is 7.18. The first kappa shape index (κ1) is 14.7. The topological polar surface area (TPSA) is 48.9 Å². The molecule has 1 saturated carbocycles. The molecular weight excluding hydrogens is 298 g/mol. The van der Waals surface area contributed by atoms with E-state index in [9.17, 15) is 13.9 Å². The van der Waals surface area contributed by atoms with Crippen LogP contribution in [0.3, 0.4) is 0 Å². The van der Waals surface area contributed by atoms with Crippen LogP contribution in [0.25, 0.3) is 10.9 Å². The molecule has 0 saturated heterocycles. The van der Waals surface area contributed by atoms with Gasteiger partial charge >= 0.3 is 0 Å². The number of nitrogens with one attached hydrogen (secondary N) is 1. The van der Waals surface area contributed by atoms with Crippen LogP contribution in [0.5, 0.6) is 0 Å². The van der Waals surface area contributed by atoms with Crippen molar-refractivity contribution in [2.45, 2.75) is 44.1 Å². The molecule has 0 aliphatic heterocycles. The summed E-state index contributed by atoms with van der Waals surface area (Å²) in [5.41, 5.74) is 0.535. The summed E-state index contributed by atoms with van der Waals surface area (Å²) in [5, 5.41) is 17.7. The van der Waals surface area contributed by atoms with Gasteiger partial charge in [-0.05, 0) is 25.0 Å². The highest BCUT2D eigenvalue weighted by atomic mass is 35.5. The zero-order chi connectivity index (χ0) is 15.0. The van der Waals surface area contributed by atoms with E-state index in [-0.39, 0.29) is 5.56 Å².